The molecule has 0 aliphatic heterocycles. The van der Waals surface area contributed by atoms with Gasteiger partial charge in [0.15, 0.2) is 0 Å². The van der Waals surface area contributed by atoms with Crippen LogP contribution in [-0.2, 0) is 6.54 Å². The molecule has 1 fully saturated rings. The van der Waals surface area contributed by atoms with Gasteiger partial charge in [-0.15, -0.1) is 0 Å². The molecule has 2 nitrogen and oxygen atoms in total. The molecule has 4 heteroatoms. The Kier molecular flexibility index (Phi) is 3.46. The fourth-order valence-electron chi connectivity index (χ4n) is 2.35. The highest BCUT2D eigenvalue weighted by molar-refractivity contribution is 9.10. The largest absolute Gasteiger partial charge is 0.350 e. The zero-order valence-electron chi connectivity index (χ0n) is 10.5. The standard InChI is InChI=1S/C15H16BrFN2/c16-14-11(2-1-3-13(14)17)8-19-7-6-12(9-19)15(18)10-4-5-10/h1-3,6-7,9-10,15H,4-5,8,18H2. The second-order valence-electron chi connectivity index (χ2n) is 5.19. The van der Waals surface area contributed by atoms with Gasteiger partial charge in [0.2, 0.25) is 0 Å². The van der Waals surface area contributed by atoms with E-state index >= 15 is 0 Å². The van der Waals surface area contributed by atoms with Crippen molar-refractivity contribution >= 4 is 15.9 Å². The van der Waals surface area contributed by atoms with E-state index in [9.17, 15) is 4.39 Å². The van der Waals surface area contributed by atoms with E-state index in [1.165, 1.54) is 24.5 Å². The molecule has 0 amide bonds. The normalized spacial score (nSPS) is 16.6. The molecule has 19 heavy (non-hydrogen) atoms. The summed E-state index contributed by atoms with van der Waals surface area (Å²) in [7, 11) is 0. The van der Waals surface area contributed by atoms with Gasteiger partial charge < -0.3 is 10.3 Å². The molecule has 0 spiro atoms. The van der Waals surface area contributed by atoms with Crippen molar-refractivity contribution in [2.45, 2.75) is 25.4 Å². The van der Waals surface area contributed by atoms with Gasteiger partial charge in [-0.3, -0.25) is 0 Å². The summed E-state index contributed by atoms with van der Waals surface area (Å²) >= 11 is 3.29. The molecule has 0 saturated heterocycles. The third kappa shape index (κ3) is 2.74. The number of nitrogens with zero attached hydrogens (tertiary/aromatic N) is 1. The Bertz CT molecular complexity index is 590. The van der Waals surface area contributed by atoms with Crippen molar-refractivity contribution in [2.24, 2.45) is 11.7 Å². The zero-order chi connectivity index (χ0) is 13.4. The van der Waals surface area contributed by atoms with E-state index in [0.717, 1.165) is 5.56 Å². The second kappa shape index (κ2) is 5.10. The van der Waals surface area contributed by atoms with Crippen molar-refractivity contribution in [3.63, 3.8) is 0 Å². The van der Waals surface area contributed by atoms with Crippen LogP contribution >= 0.6 is 15.9 Å². The minimum Gasteiger partial charge on any atom is -0.350 e. The van der Waals surface area contributed by atoms with Crippen molar-refractivity contribution in [3.05, 3.63) is 58.1 Å². The molecule has 0 bridgehead atoms. The zero-order valence-corrected chi connectivity index (χ0v) is 12.1. The van der Waals surface area contributed by atoms with E-state index in [1.807, 2.05) is 12.3 Å². The molecule has 100 valence electrons. The van der Waals surface area contributed by atoms with Crippen LogP contribution in [-0.4, -0.2) is 4.57 Å². The van der Waals surface area contributed by atoms with Gasteiger partial charge in [0.25, 0.3) is 0 Å². The molecular weight excluding hydrogens is 307 g/mol. The lowest BCUT2D eigenvalue weighted by Crippen LogP contribution is -2.11. The summed E-state index contributed by atoms with van der Waals surface area (Å²) in [6.45, 7) is 0.649. The van der Waals surface area contributed by atoms with Gasteiger partial charge in [-0.25, -0.2) is 4.39 Å². The maximum absolute atomic E-state index is 13.5. The van der Waals surface area contributed by atoms with Crippen LogP contribution in [0.3, 0.4) is 0 Å². The van der Waals surface area contributed by atoms with Crippen LogP contribution < -0.4 is 5.73 Å². The van der Waals surface area contributed by atoms with E-state index in [4.69, 9.17) is 5.73 Å². The van der Waals surface area contributed by atoms with Crippen molar-refractivity contribution in [1.29, 1.82) is 0 Å². The topological polar surface area (TPSA) is 30.9 Å². The second-order valence-corrected chi connectivity index (χ2v) is 5.99. The average molecular weight is 323 g/mol. The summed E-state index contributed by atoms with van der Waals surface area (Å²) in [6, 6.07) is 7.33. The lowest BCUT2D eigenvalue weighted by Gasteiger charge is -2.08. The number of nitrogens with two attached hydrogens (primary N) is 1. The van der Waals surface area contributed by atoms with Crippen LogP contribution in [0.25, 0.3) is 0 Å². The maximum Gasteiger partial charge on any atom is 0.137 e. The van der Waals surface area contributed by atoms with Gasteiger partial charge in [0, 0.05) is 25.0 Å². The van der Waals surface area contributed by atoms with E-state index in [1.54, 1.807) is 6.07 Å². The Hall–Kier alpha value is -1.13. The van der Waals surface area contributed by atoms with Crippen LogP contribution in [0.15, 0.2) is 41.1 Å². The predicted octanol–water partition coefficient (Wildman–Crippen LogP) is 3.85. The Morgan fingerprint density at radius 1 is 1.37 bits per heavy atom. The Morgan fingerprint density at radius 2 is 2.16 bits per heavy atom. The molecule has 1 unspecified atom stereocenters. The molecular formula is C15H16BrFN2. The van der Waals surface area contributed by atoms with Crippen LogP contribution in [0, 0.1) is 11.7 Å². The fraction of sp³-hybridized carbons (Fsp3) is 0.333. The van der Waals surface area contributed by atoms with Crippen molar-refractivity contribution < 1.29 is 4.39 Å². The monoisotopic (exact) mass is 322 g/mol. The van der Waals surface area contributed by atoms with Gasteiger partial charge in [-0.1, -0.05) is 12.1 Å². The summed E-state index contributed by atoms with van der Waals surface area (Å²) in [5.41, 5.74) is 8.29. The third-order valence-electron chi connectivity index (χ3n) is 3.67. The molecule has 1 aromatic carbocycles. The number of hydrogen-bond donors (Lipinski definition) is 1. The van der Waals surface area contributed by atoms with E-state index < -0.39 is 0 Å². The predicted molar refractivity (Wildman–Crippen MR) is 77.3 cm³/mol. The lowest BCUT2D eigenvalue weighted by molar-refractivity contribution is 0.615. The Labute approximate surface area is 120 Å². The van der Waals surface area contributed by atoms with Crippen LogP contribution in [0.2, 0.25) is 0 Å². The average Bonchev–Trinajstić information content (AvgIpc) is 3.14. The molecule has 3 rings (SSSR count). The molecule has 2 aromatic rings. The minimum absolute atomic E-state index is 0.150. The van der Waals surface area contributed by atoms with Gasteiger partial charge in [-0.05, 0) is 57.9 Å². The maximum atomic E-state index is 13.5. The van der Waals surface area contributed by atoms with Crippen LogP contribution in [0.5, 0.6) is 0 Å². The number of aromatic nitrogens is 1. The third-order valence-corrected chi connectivity index (χ3v) is 4.56. The molecule has 0 radical (unpaired) electrons. The first-order valence-corrected chi connectivity index (χ1v) is 7.28. The summed E-state index contributed by atoms with van der Waals surface area (Å²) in [5.74, 6) is 0.427. The summed E-state index contributed by atoms with van der Waals surface area (Å²) < 4.78 is 16.0. The van der Waals surface area contributed by atoms with Crippen molar-refractivity contribution in [2.75, 3.05) is 0 Å². The summed E-state index contributed by atoms with van der Waals surface area (Å²) in [6.07, 6.45) is 6.55. The molecule has 1 heterocycles. The molecule has 1 aliphatic rings. The minimum atomic E-state index is -0.223. The highest BCUT2D eigenvalue weighted by Gasteiger charge is 2.29. The highest BCUT2D eigenvalue weighted by atomic mass is 79.9. The number of rotatable bonds is 4. The van der Waals surface area contributed by atoms with Crippen LogP contribution in [0.1, 0.15) is 30.0 Å². The van der Waals surface area contributed by atoms with Gasteiger partial charge in [0.1, 0.15) is 5.82 Å². The van der Waals surface area contributed by atoms with E-state index in [-0.39, 0.29) is 11.9 Å². The summed E-state index contributed by atoms with van der Waals surface area (Å²) in [5, 5.41) is 0. The van der Waals surface area contributed by atoms with Gasteiger partial charge in [0.05, 0.1) is 4.47 Å². The molecule has 2 N–H and O–H groups in total. The van der Waals surface area contributed by atoms with E-state index in [0.29, 0.717) is 16.9 Å². The summed E-state index contributed by atoms with van der Waals surface area (Å²) in [4.78, 5) is 0. The van der Waals surface area contributed by atoms with Crippen LogP contribution in [0.4, 0.5) is 4.39 Å². The number of halogens is 2. The molecule has 1 saturated carbocycles. The number of hydrogen-bond acceptors (Lipinski definition) is 1. The molecule has 1 atom stereocenters. The highest BCUT2D eigenvalue weighted by Crippen LogP contribution is 2.39. The number of benzene rings is 1. The Morgan fingerprint density at radius 3 is 2.89 bits per heavy atom. The van der Waals surface area contributed by atoms with Gasteiger partial charge in [-0.2, -0.15) is 0 Å². The lowest BCUT2D eigenvalue weighted by atomic mass is 10.1. The first-order valence-electron chi connectivity index (χ1n) is 6.49. The SMILES string of the molecule is NC(c1ccn(Cc2cccc(F)c2Br)c1)C1CC1. The Balaban J connectivity index is 1.78. The fourth-order valence-corrected chi connectivity index (χ4v) is 2.74. The first kappa shape index (κ1) is 12.9. The quantitative estimate of drug-likeness (QED) is 0.910. The first-order chi connectivity index (χ1) is 9.15. The van der Waals surface area contributed by atoms with Gasteiger partial charge >= 0.3 is 0 Å². The van der Waals surface area contributed by atoms with Crippen molar-refractivity contribution in [3.8, 4) is 0 Å². The smallest absolute Gasteiger partial charge is 0.137 e. The molecule has 1 aliphatic carbocycles. The van der Waals surface area contributed by atoms with E-state index in [2.05, 4.69) is 32.8 Å². The van der Waals surface area contributed by atoms with Crippen molar-refractivity contribution in [1.82, 2.24) is 4.57 Å². The molecule has 1 aromatic heterocycles.